The SMILES string of the molecule is C=Cc1cnc(N[C@H]2CCCN(C(=O)O)C2)nc1-c1cn(COCC[Si](C)(C)C)c2c(SCCC(=O)OCC(CC)CCCC)cccc12. The molecule has 0 radical (unpaired) electrons. The predicted molar refractivity (Wildman–Crippen MR) is 203 cm³/mol. The van der Waals surface area contributed by atoms with E-state index in [2.05, 4.69) is 73.3 Å². The molecule has 1 aliphatic rings. The number of anilines is 1. The molecule has 2 aromatic heterocycles. The Kier molecular flexibility index (Phi) is 14.6. The fourth-order valence-corrected chi connectivity index (χ4v) is 7.76. The molecule has 1 amide bonds. The minimum atomic E-state index is -1.26. The van der Waals surface area contributed by atoms with Gasteiger partial charge in [0, 0.05) is 73.4 Å². The van der Waals surface area contributed by atoms with Crippen LogP contribution in [-0.2, 0) is 21.0 Å². The number of nitrogens with zero attached hydrogens (tertiary/aromatic N) is 4. The number of esters is 1. The highest BCUT2D eigenvalue weighted by Gasteiger charge is 2.25. The number of piperidine rings is 1. The summed E-state index contributed by atoms with van der Waals surface area (Å²) >= 11 is 1.65. The van der Waals surface area contributed by atoms with Crippen molar-refractivity contribution in [1.82, 2.24) is 19.4 Å². The second-order valence-corrected chi connectivity index (χ2v) is 20.9. The van der Waals surface area contributed by atoms with E-state index in [1.165, 1.54) is 4.90 Å². The van der Waals surface area contributed by atoms with Gasteiger partial charge in [0.15, 0.2) is 0 Å². The third-order valence-corrected chi connectivity index (χ3v) is 11.7. The monoisotopic (exact) mass is 709 g/mol. The van der Waals surface area contributed by atoms with Crippen LogP contribution < -0.4 is 5.32 Å². The van der Waals surface area contributed by atoms with Gasteiger partial charge in [0.2, 0.25) is 5.95 Å². The van der Waals surface area contributed by atoms with Crippen molar-refractivity contribution < 1.29 is 24.2 Å². The summed E-state index contributed by atoms with van der Waals surface area (Å²) in [6.07, 6.45) is 11.1. The lowest BCUT2D eigenvalue weighted by Gasteiger charge is -2.31. The molecule has 1 fully saturated rings. The van der Waals surface area contributed by atoms with E-state index in [0.29, 0.717) is 57.1 Å². The molecule has 0 spiro atoms. The molecular weight excluding hydrogens is 655 g/mol. The van der Waals surface area contributed by atoms with Crippen LogP contribution in [0.25, 0.3) is 28.2 Å². The summed E-state index contributed by atoms with van der Waals surface area (Å²) in [6, 6.07) is 7.22. The molecule has 4 rings (SSSR count). The number of unbranched alkanes of at least 4 members (excludes halogenated alkanes) is 1. The zero-order valence-electron chi connectivity index (χ0n) is 30.0. The van der Waals surface area contributed by atoms with Gasteiger partial charge in [0.05, 0.1) is 24.2 Å². The van der Waals surface area contributed by atoms with Crippen LogP contribution in [0.4, 0.5) is 10.7 Å². The number of rotatable bonds is 19. The van der Waals surface area contributed by atoms with Crippen molar-refractivity contribution in [2.45, 2.75) is 102 Å². The van der Waals surface area contributed by atoms with Gasteiger partial charge in [-0.3, -0.25) is 4.79 Å². The predicted octanol–water partition coefficient (Wildman–Crippen LogP) is 8.85. The van der Waals surface area contributed by atoms with Gasteiger partial charge in [-0.05, 0) is 37.3 Å². The maximum absolute atomic E-state index is 12.7. The van der Waals surface area contributed by atoms with Crippen molar-refractivity contribution >= 4 is 54.8 Å². The molecule has 1 unspecified atom stereocenters. The lowest BCUT2D eigenvalue weighted by molar-refractivity contribution is -0.144. The Balaban J connectivity index is 1.58. The summed E-state index contributed by atoms with van der Waals surface area (Å²) in [6.45, 7) is 17.9. The van der Waals surface area contributed by atoms with Crippen LogP contribution >= 0.6 is 11.8 Å². The maximum Gasteiger partial charge on any atom is 0.407 e. The van der Waals surface area contributed by atoms with Crippen LogP contribution in [0.1, 0.15) is 64.4 Å². The number of ether oxygens (including phenoxy) is 2. The van der Waals surface area contributed by atoms with E-state index in [9.17, 15) is 14.7 Å². The van der Waals surface area contributed by atoms with Crippen molar-refractivity contribution in [3.63, 3.8) is 0 Å². The quantitative estimate of drug-likeness (QED) is 0.0545. The second-order valence-electron chi connectivity index (χ2n) is 14.1. The first kappa shape index (κ1) is 38.4. The minimum absolute atomic E-state index is 0.0766. The smallest absolute Gasteiger partial charge is 0.407 e. The van der Waals surface area contributed by atoms with Gasteiger partial charge in [-0.15, -0.1) is 11.8 Å². The maximum atomic E-state index is 12.7. The van der Waals surface area contributed by atoms with Crippen LogP contribution in [0.2, 0.25) is 25.7 Å². The van der Waals surface area contributed by atoms with Gasteiger partial charge in [-0.25, -0.2) is 14.8 Å². The number of carboxylic acid groups (broad SMARTS) is 1. The van der Waals surface area contributed by atoms with Crippen molar-refractivity contribution in [1.29, 1.82) is 0 Å². The van der Waals surface area contributed by atoms with Gasteiger partial charge in [-0.2, -0.15) is 0 Å². The highest BCUT2D eigenvalue weighted by Crippen LogP contribution is 2.38. The molecular formula is C37H55N5O5SSi. The summed E-state index contributed by atoms with van der Waals surface area (Å²) in [5, 5.41) is 13.9. The Morgan fingerprint density at radius 1 is 1.27 bits per heavy atom. The van der Waals surface area contributed by atoms with Crippen LogP contribution in [0, 0.1) is 5.92 Å². The normalized spacial score (nSPS) is 15.7. The first-order chi connectivity index (χ1) is 23.5. The molecule has 3 aromatic rings. The number of likely N-dealkylation sites (tertiary alicyclic amines) is 1. The second kappa shape index (κ2) is 18.6. The number of thioether (sulfide) groups is 1. The summed E-state index contributed by atoms with van der Waals surface area (Å²) in [5.74, 6) is 1.33. The number of fused-ring (bicyclic) bond motifs is 1. The van der Waals surface area contributed by atoms with Crippen molar-refractivity contribution in [2.24, 2.45) is 5.92 Å². The number of carbonyl (C=O) groups is 2. The van der Waals surface area contributed by atoms with Gasteiger partial charge in [0.1, 0.15) is 6.73 Å². The first-order valence-electron chi connectivity index (χ1n) is 17.7. The summed E-state index contributed by atoms with van der Waals surface area (Å²) in [4.78, 5) is 36.3. The highest BCUT2D eigenvalue weighted by atomic mass is 32.2. The summed E-state index contributed by atoms with van der Waals surface area (Å²) in [5.41, 5.74) is 3.50. The van der Waals surface area contributed by atoms with E-state index < -0.39 is 14.2 Å². The van der Waals surface area contributed by atoms with E-state index in [0.717, 1.165) is 77.2 Å². The molecule has 0 saturated carbocycles. The molecule has 49 heavy (non-hydrogen) atoms. The number of aromatic nitrogens is 3. The van der Waals surface area contributed by atoms with Gasteiger partial charge < -0.3 is 29.4 Å². The summed E-state index contributed by atoms with van der Waals surface area (Å²) < 4.78 is 14.1. The minimum Gasteiger partial charge on any atom is -0.465 e. The van der Waals surface area contributed by atoms with E-state index in [4.69, 9.17) is 14.5 Å². The lowest BCUT2D eigenvalue weighted by atomic mass is 10.0. The van der Waals surface area contributed by atoms with Crippen LogP contribution in [0.5, 0.6) is 0 Å². The molecule has 12 heteroatoms. The van der Waals surface area contributed by atoms with E-state index in [1.54, 1.807) is 24.0 Å². The molecule has 1 saturated heterocycles. The number of carbonyl (C=O) groups excluding carboxylic acids is 1. The fourth-order valence-electron chi connectivity index (χ4n) is 5.98. The molecule has 1 aromatic carbocycles. The molecule has 0 aliphatic carbocycles. The molecule has 10 nitrogen and oxygen atoms in total. The van der Waals surface area contributed by atoms with Crippen molar-refractivity contribution in [2.75, 3.05) is 37.4 Å². The van der Waals surface area contributed by atoms with E-state index >= 15 is 0 Å². The number of nitrogens with one attached hydrogen (secondary N) is 1. The number of benzene rings is 1. The fraction of sp³-hybridized carbons (Fsp3) is 0.568. The van der Waals surface area contributed by atoms with Gasteiger partial charge >= 0.3 is 12.1 Å². The van der Waals surface area contributed by atoms with E-state index in [1.807, 2.05) is 6.07 Å². The van der Waals surface area contributed by atoms with Crippen LogP contribution in [0.3, 0.4) is 0 Å². The summed E-state index contributed by atoms with van der Waals surface area (Å²) in [7, 11) is -1.26. The molecule has 1 aliphatic heterocycles. The number of hydrogen-bond acceptors (Lipinski definition) is 8. The lowest BCUT2D eigenvalue weighted by Crippen LogP contribution is -2.44. The molecule has 2 N–H and O–H groups in total. The zero-order chi connectivity index (χ0) is 35.4. The largest absolute Gasteiger partial charge is 0.465 e. The average Bonchev–Trinajstić information content (AvgIpc) is 3.45. The van der Waals surface area contributed by atoms with Gasteiger partial charge in [-0.1, -0.05) is 77.5 Å². The Labute approximate surface area is 297 Å². The van der Waals surface area contributed by atoms with Crippen LogP contribution in [0.15, 0.2) is 42.1 Å². The van der Waals surface area contributed by atoms with Crippen molar-refractivity contribution in [3.05, 3.63) is 42.7 Å². The molecule has 0 bridgehead atoms. The third-order valence-electron chi connectivity index (χ3n) is 8.99. The number of amides is 1. The Morgan fingerprint density at radius 2 is 2.08 bits per heavy atom. The Hall–Kier alpha value is -3.35. The average molecular weight is 710 g/mol. The number of para-hydroxylation sites is 1. The van der Waals surface area contributed by atoms with E-state index in [-0.39, 0.29) is 12.0 Å². The molecule has 2 atom stereocenters. The molecule has 3 heterocycles. The van der Waals surface area contributed by atoms with Crippen molar-refractivity contribution in [3.8, 4) is 11.3 Å². The highest BCUT2D eigenvalue weighted by molar-refractivity contribution is 7.99. The van der Waals surface area contributed by atoms with Gasteiger partial charge in [0.25, 0.3) is 0 Å². The standard InChI is InChI=1S/C37H55N5O5SSi/c1-7-10-13-27(8-2)25-47-33(43)17-20-48-32-16-11-15-30-31(24-42(35(30)32)26-46-19-21-49(4,5)6)34-28(9-3)22-38-36(40-34)39-29-14-12-18-41(23-29)37(44)45/h9,11,15-16,22,24,27,29H,3,7-8,10,12-14,17-21,23,25-26H2,1-2,4-6H3,(H,44,45)(H,38,39,40)/t27?,29-/m0/s1. The van der Waals surface area contributed by atoms with Crippen LogP contribution in [-0.4, -0.2) is 82.8 Å². The Morgan fingerprint density at radius 3 is 2.80 bits per heavy atom. The first-order valence-corrected chi connectivity index (χ1v) is 22.4. The topological polar surface area (TPSA) is 119 Å². The zero-order valence-corrected chi connectivity index (χ0v) is 31.8. The Bertz CT molecular complexity index is 1560. The molecule has 268 valence electrons. The number of hydrogen-bond donors (Lipinski definition) is 2. The third kappa shape index (κ3) is 11.3.